The summed E-state index contributed by atoms with van der Waals surface area (Å²) in [6.07, 6.45) is 1.29. The molecule has 0 aromatic heterocycles. The molecule has 0 aliphatic carbocycles. The fraction of sp³-hybridized carbons (Fsp3) is 0.391. The molecule has 0 radical (unpaired) electrons. The highest BCUT2D eigenvalue weighted by Crippen LogP contribution is 2.27. The summed E-state index contributed by atoms with van der Waals surface area (Å²) in [6.45, 7) is 4.61. The minimum atomic E-state index is -0.999. The molecule has 6 heteroatoms. The SMILES string of the molecule is COc1ccc(C(=O)C2CCN(C(=O)C(C)(C)Oc3ccc(Cl)cc3)CC2)cc1. The Morgan fingerprint density at radius 1 is 0.966 bits per heavy atom. The molecule has 0 saturated carbocycles. The number of carbonyl (C=O) groups excluding carboxylic acids is 2. The number of benzene rings is 2. The molecule has 5 nitrogen and oxygen atoms in total. The lowest BCUT2D eigenvalue weighted by Gasteiger charge is -2.36. The molecule has 1 heterocycles. The number of likely N-dealkylation sites (tertiary alicyclic amines) is 1. The third-order valence-corrected chi connectivity index (χ3v) is 5.48. The molecule has 0 atom stereocenters. The largest absolute Gasteiger partial charge is 0.497 e. The molecule has 2 aromatic carbocycles. The van der Waals surface area contributed by atoms with Crippen molar-refractivity contribution < 1.29 is 19.1 Å². The second-order valence-electron chi connectivity index (χ2n) is 7.73. The van der Waals surface area contributed by atoms with E-state index in [1.54, 1.807) is 74.4 Å². The maximum absolute atomic E-state index is 13.0. The molecule has 29 heavy (non-hydrogen) atoms. The Bertz CT molecular complexity index is 853. The van der Waals surface area contributed by atoms with Gasteiger partial charge < -0.3 is 14.4 Å². The molecule has 1 fully saturated rings. The molecule has 0 unspecified atom stereocenters. The van der Waals surface area contributed by atoms with Crippen molar-refractivity contribution in [2.75, 3.05) is 20.2 Å². The van der Waals surface area contributed by atoms with E-state index in [1.165, 1.54) is 0 Å². The van der Waals surface area contributed by atoms with E-state index in [9.17, 15) is 9.59 Å². The summed E-state index contributed by atoms with van der Waals surface area (Å²) >= 11 is 5.90. The Balaban J connectivity index is 1.57. The van der Waals surface area contributed by atoms with E-state index < -0.39 is 5.60 Å². The van der Waals surface area contributed by atoms with Crippen molar-refractivity contribution in [3.8, 4) is 11.5 Å². The number of piperidine rings is 1. The van der Waals surface area contributed by atoms with E-state index in [4.69, 9.17) is 21.1 Å². The van der Waals surface area contributed by atoms with Gasteiger partial charge in [-0.15, -0.1) is 0 Å². The van der Waals surface area contributed by atoms with Crippen LogP contribution in [0.25, 0.3) is 0 Å². The zero-order valence-corrected chi connectivity index (χ0v) is 17.7. The summed E-state index contributed by atoms with van der Waals surface area (Å²) in [6, 6.07) is 14.1. The predicted molar refractivity (Wildman–Crippen MR) is 113 cm³/mol. The molecule has 1 amide bonds. The van der Waals surface area contributed by atoms with Gasteiger partial charge in [0.2, 0.25) is 0 Å². The van der Waals surface area contributed by atoms with Crippen LogP contribution in [0.1, 0.15) is 37.0 Å². The molecule has 0 spiro atoms. The molecule has 2 aromatic rings. The Labute approximate surface area is 176 Å². The van der Waals surface area contributed by atoms with Gasteiger partial charge in [0, 0.05) is 29.6 Å². The van der Waals surface area contributed by atoms with Gasteiger partial charge in [-0.25, -0.2) is 0 Å². The highest BCUT2D eigenvalue weighted by molar-refractivity contribution is 6.30. The van der Waals surface area contributed by atoms with Crippen LogP contribution in [-0.4, -0.2) is 42.4 Å². The molecule has 154 valence electrons. The zero-order valence-electron chi connectivity index (χ0n) is 17.0. The number of methoxy groups -OCH3 is 1. The normalized spacial score (nSPS) is 15.1. The van der Waals surface area contributed by atoms with E-state index in [1.807, 2.05) is 0 Å². The number of hydrogen-bond acceptors (Lipinski definition) is 4. The van der Waals surface area contributed by atoms with Gasteiger partial charge in [-0.3, -0.25) is 9.59 Å². The highest BCUT2D eigenvalue weighted by Gasteiger charge is 2.37. The summed E-state index contributed by atoms with van der Waals surface area (Å²) in [5.41, 5.74) is -0.317. The van der Waals surface area contributed by atoms with E-state index >= 15 is 0 Å². The van der Waals surface area contributed by atoms with Gasteiger partial charge in [0.25, 0.3) is 5.91 Å². The van der Waals surface area contributed by atoms with Crippen LogP contribution in [0, 0.1) is 5.92 Å². The average Bonchev–Trinajstić information content (AvgIpc) is 2.74. The Kier molecular flexibility index (Phi) is 6.48. The van der Waals surface area contributed by atoms with E-state index in [0.29, 0.717) is 42.3 Å². The van der Waals surface area contributed by atoms with Crippen molar-refractivity contribution in [2.45, 2.75) is 32.3 Å². The summed E-state index contributed by atoms with van der Waals surface area (Å²) in [4.78, 5) is 27.5. The van der Waals surface area contributed by atoms with Crippen molar-refractivity contribution in [2.24, 2.45) is 5.92 Å². The monoisotopic (exact) mass is 415 g/mol. The number of ketones is 1. The first-order valence-corrected chi connectivity index (χ1v) is 10.1. The number of halogens is 1. The van der Waals surface area contributed by atoms with Crippen LogP contribution in [0.5, 0.6) is 11.5 Å². The number of amides is 1. The highest BCUT2D eigenvalue weighted by atomic mass is 35.5. The van der Waals surface area contributed by atoms with Gasteiger partial charge in [0.1, 0.15) is 11.5 Å². The van der Waals surface area contributed by atoms with Crippen LogP contribution in [-0.2, 0) is 4.79 Å². The first-order valence-electron chi connectivity index (χ1n) is 9.72. The number of nitrogens with zero attached hydrogens (tertiary/aromatic N) is 1. The van der Waals surface area contributed by atoms with E-state index in [0.717, 1.165) is 5.75 Å². The van der Waals surface area contributed by atoms with Crippen molar-refractivity contribution >= 4 is 23.3 Å². The summed E-state index contributed by atoms with van der Waals surface area (Å²) < 4.78 is 11.0. The van der Waals surface area contributed by atoms with Gasteiger partial charge in [0.15, 0.2) is 11.4 Å². The number of Topliss-reactive ketones (excluding diaryl/α,β-unsaturated/α-hetero) is 1. The van der Waals surface area contributed by atoms with Crippen molar-refractivity contribution in [3.05, 3.63) is 59.1 Å². The minimum absolute atomic E-state index is 0.0762. The van der Waals surface area contributed by atoms with Gasteiger partial charge in [-0.05, 0) is 75.2 Å². The van der Waals surface area contributed by atoms with E-state index in [-0.39, 0.29) is 17.6 Å². The molecular formula is C23H26ClNO4. The average molecular weight is 416 g/mol. The first-order chi connectivity index (χ1) is 13.8. The standard InChI is InChI=1S/C23H26ClNO4/c1-23(2,29-20-10-6-18(24)7-11-20)22(27)25-14-12-17(13-15-25)21(26)16-4-8-19(28-3)9-5-16/h4-11,17H,12-15H2,1-3H3. The summed E-state index contributed by atoms with van der Waals surface area (Å²) in [5.74, 6) is 1.29. The molecule has 1 aliphatic rings. The van der Waals surface area contributed by atoms with Crippen LogP contribution in [0.2, 0.25) is 5.02 Å². The quantitative estimate of drug-likeness (QED) is 0.645. The van der Waals surface area contributed by atoms with Crippen LogP contribution in [0.15, 0.2) is 48.5 Å². The minimum Gasteiger partial charge on any atom is -0.497 e. The Morgan fingerprint density at radius 2 is 1.52 bits per heavy atom. The molecule has 1 aliphatic heterocycles. The fourth-order valence-electron chi connectivity index (χ4n) is 3.56. The van der Waals surface area contributed by atoms with Gasteiger partial charge in [-0.1, -0.05) is 11.6 Å². The van der Waals surface area contributed by atoms with Gasteiger partial charge in [-0.2, -0.15) is 0 Å². The van der Waals surface area contributed by atoms with Crippen LogP contribution in [0.4, 0.5) is 0 Å². The topological polar surface area (TPSA) is 55.8 Å². The Hall–Kier alpha value is -2.53. The van der Waals surface area contributed by atoms with E-state index in [2.05, 4.69) is 0 Å². The maximum atomic E-state index is 13.0. The molecule has 0 N–H and O–H groups in total. The number of ether oxygens (including phenoxy) is 2. The van der Waals surface area contributed by atoms with Crippen molar-refractivity contribution in [1.82, 2.24) is 4.90 Å². The van der Waals surface area contributed by atoms with Crippen molar-refractivity contribution in [3.63, 3.8) is 0 Å². The lowest BCUT2D eigenvalue weighted by molar-refractivity contribution is -0.146. The third-order valence-electron chi connectivity index (χ3n) is 5.23. The third kappa shape index (κ3) is 5.10. The first kappa shape index (κ1) is 21.2. The second-order valence-corrected chi connectivity index (χ2v) is 8.16. The molecule has 1 saturated heterocycles. The fourth-order valence-corrected chi connectivity index (χ4v) is 3.68. The van der Waals surface area contributed by atoms with Crippen molar-refractivity contribution in [1.29, 1.82) is 0 Å². The summed E-state index contributed by atoms with van der Waals surface area (Å²) in [5, 5.41) is 0.616. The Morgan fingerprint density at radius 3 is 2.07 bits per heavy atom. The lowest BCUT2D eigenvalue weighted by atomic mass is 9.88. The molecular weight excluding hydrogens is 390 g/mol. The predicted octanol–water partition coefficient (Wildman–Crippen LogP) is 4.63. The summed E-state index contributed by atoms with van der Waals surface area (Å²) in [7, 11) is 1.60. The smallest absolute Gasteiger partial charge is 0.266 e. The number of carbonyl (C=O) groups is 2. The maximum Gasteiger partial charge on any atom is 0.266 e. The lowest BCUT2D eigenvalue weighted by Crippen LogP contribution is -2.51. The zero-order chi connectivity index (χ0) is 21.0. The molecule has 3 rings (SSSR count). The second kappa shape index (κ2) is 8.87. The van der Waals surface area contributed by atoms with Crippen LogP contribution >= 0.6 is 11.6 Å². The van der Waals surface area contributed by atoms with Gasteiger partial charge in [0.05, 0.1) is 7.11 Å². The molecule has 0 bridgehead atoms. The van der Waals surface area contributed by atoms with Crippen LogP contribution < -0.4 is 9.47 Å². The number of hydrogen-bond donors (Lipinski definition) is 0. The number of rotatable bonds is 6. The van der Waals surface area contributed by atoms with Crippen LogP contribution in [0.3, 0.4) is 0 Å². The van der Waals surface area contributed by atoms with Gasteiger partial charge >= 0.3 is 0 Å².